The van der Waals surface area contributed by atoms with E-state index in [1.807, 2.05) is 24.3 Å². The van der Waals surface area contributed by atoms with Crippen molar-refractivity contribution in [3.63, 3.8) is 0 Å². The van der Waals surface area contributed by atoms with Crippen LogP contribution in [0.5, 0.6) is 0 Å². The van der Waals surface area contributed by atoms with Gasteiger partial charge in [-0.3, -0.25) is 4.79 Å². The first-order valence-electron chi connectivity index (χ1n) is 6.19. The molecule has 0 aliphatic carbocycles. The summed E-state index contributed by atoms with van der Waals surface area (Å²) in [5.74, 6) is 1.10. The average Bonchev–Trinajstić information content (AvgIpc) is 2.80. The van der Waals surface area contributed by atoms with Crippen LogP contribution in [-0.4, -0.2) is 29.1 Å². The monoisotopic (exact) mass is 338 g/mol. The predicted molar refractivity (Wildman–Crippen MR) is 78.4 cm³/mol. The van der Waals surface area contributed by atoms with Gasteiger partial charge in [0.15, 0.2) is 5.82 Å². The zero-order valence-electron chi connectivity index (χ0n) is 11.0. The first kappa shape index (κ1) is 14.7. The minimum atomic E-state index is -0.0928. The van der Waals surface area contributed by atoms with E-state index in [1.165, 1.54) is 0 Å². The van der Waals surface area contributed by atoms with Crippen molar-refractivity contribution in [1.82, 2.24) is 15.5 Å². The highest BCUT2D eigenvalue weighted by atomic mass is 79.9. The van der Waals surface area contributed by atoms with E-state index in [1.54, 1.807) is 6.92 Å². The molecule has 106 valence electrons. The molecule has 2 N–H and O–H groups in total. The molecule has 1 aromatic heterocycles. The summed E-state index contributed by atoms with van der Waals surface area (Å²) in [6.07, 6.45) is 0.602. The Morgan fingerprint density at radius 1 is 1.45 bits per heavy atom. The third-order valence-corrected chi connectivity index (χ3v) is 2.97. The fraction of sp³-hybridized carbons (Fsp3) is 0.308. The van der Waals surface area contributed by atoms with E-state index in [4.69, 9.17) is 4.52 Å². The molecule has 1 heterocycles. The molecule has 20 heavy (non-hydrogen) atoms. The number of anilines is 1. The Morgan fingerprint density at radius 2 is 2.30 bits per heavy atom. The lowest BCUT2D eigenvalue weighted by molar-refractivity contribution is -0.115. The number of hydrogen-bond acceptors (Lipinski definition) is 5. The summed E-state index contributed by atoms with van der Waals surface area (Å²) in [5.41, 5.74) is 0.763. The molecule has 2 aromatic rings. The molecular weight excluding hydrogens is 324 g/mol. The van der Waals surface area contributed by atoms with Gasteiger partial charge in [0.05, 0.1) is 6.54 Å². The molecule has 0 atom stereocenters. The molecule has 0 bridgehead atoms. The molecular formula is C13H15BrN4O2. The maximum absolute atomic E-state index is 11.7. The van der Waals surface area contributed by atoms with Crippen LogP contribution in [0.4, 0.5) is 5.69 Å². The molecule has 0 fully saturated rings. The Morgan fingerprint density at radius 3 is 3.00 bits per heavy atom. The van der Waals surface area contributed by atoms with Gasteiger partial charge in [0.2, 0.25) is 11.8 Å². The largest absolute Gasteiger partial charge is 0.339 e. The lowest BCUT2D eigenvalue weighted by atomic mass is 10.3. The van der Waals surface area contributed by atoms with Crippen molar-refractivity contribution in [2.75, 3.05) is 18.4 Å². The Hall–Kier alpha value is -1.73. The van der Waals surface area contributed by atoms with Gasteiger partial charge in [-0.1, -0.05) is 27.2 Å². The highest BCUT2D eigenvalue weighted by Crippen LogP contribution is 2.15. The molecule has 6 nitrogen and oxygen atoms in total. The average molecular weight is 339 g/mol. The van der Waals surface area contributed by atoms with Crippen molar-refractivity contribution in [2.45, 2.75) is 13.3 Å². The quantitative estimate of drug-likeness (QED) is 0.786. The first-order valence-corrected chi connectivity index (χ1v) is 6.98. The van der Waals surface area contributed by atoms with Crippen molar-refractivity contribution in [1.29, 1.82) is 0 Å². The molecule has 0 saturated heterocycles. The van der Waals surface area contributed by atoms with Gasteiger partial charge in [0.25, 0.3) is 0 Å². The lowest BCUT2D eigenvalue weighted by Gasteiger charge is -2.06. The van der Waals surface area contributed by atoms with Crippen molar-refractivity contribution < 1.29 is 9.32 Å². The summed E-state index contributed by atoms with van der Waals surface area (Å²) in [6, 6.07) is 7.45. The van der Waals surface area contributed by atoms with Crippen molar-refractivity contribution in [2.24, 2.45) is 0 Å². The van der Waals surface area contributed by atoms with Gasteiger partial charge < -0.3 is 15.2 Å². The van der Waals surface area contributed by atoms with Gasteiger partial charge in [0, 0.05) is 23.1 Å². The molecule has 2 rings (SSSR count). The fourth-order valence-electron chi connectivity index (χ4n) is 1.61. The van der Waals surface area contributed by atoms with Gasteiger partial charge in [-0.2, -0.15) is 4.98 Å². The van der Waals surface area contributed by atoms with Crippen LogP contribution in [0.25, 0.3) is 0 Å². The summed E-state index contributed by atoms with van der Waals surface area (Å²) < 4.78 is 5.90. The van der Waals surface area contributed by atoms with E-state index < -0.39 is 0 Å². The molecule has 1 aromatic carbocycles. The summed E-state index contributed by atoms with van der Waals surface area (Å²) in [5, 5.41) is 9.53. The summed E-state index contributed by atoms with van der Waals surface area (Å²) in [7, 11) is 0. The first-order chi connectivity index (χ1) is 9.63. The van der Waals surface area contributed by atoms with Gasteiger partial charge in [-0.25, -0.2) is 0 Å². The van der Waals surface area contributed by atoms with Crippen LogP contribution in [0.15, 0.2) is 33.3 Å². The van der Waals surface area contributed by atoms with E-state index in [9.17, 15) is 4.79 Å². The van der Waals surface area contributed by atoms with Crippen molar-refractivity contribution in [3.05, 3.63) is 40.5 Å². The fourth-order valence-corrected chi connectivity index (χ4v) is 2.01. The number of benzene rings is 1. The van der Waals surface area contributed by atoms with Crippen LogP contribution in [0.1, 0.15) is 11.7 Å². The molecule has 0 saturated carbocycles. The summed E-state index contributed by atoms with van der Waals surface area (Å²) in [6.45, 7) is 2.61. The second-order valence-corrected chi connectivity index (χ2v) is 5.14. The van der Waals surface area contributed by atoms with Crippen molar-refractivity contribution in [3.8, 4) is 0 Å². The third kappa shape index (κ3) is 4.75. The normalized spacial score (nSPS) is 10.5. The number of halogens is 1. The van der Waals surface area contributed by atoms with Crippen LogP contribution in [0, 0.1) is 6.92 Å². The van der Waals surface area contributed by atoms with Crippen LogP contribution in [0.3, 0.4) is 0 Å². The molecule has 0 radical (unpaired) electrons. The van der Waals surface area contributed by atoms with Crippen LogP contribution in [-0.2, 0) is 11.2 Å². The van der Waals surface area contributed by atoms with E-state index in [0.717, 1.165) is 10.2 Å². The number of carbonyl (C=O) groups is 1. The minimum Gasteiger partial charge on any atom is -0.339 e. The Labute approximate surface area is 125 Å². The SMILES string of the molecule is Cc1noc(CCNCC(=O)Nc2cccc(Br)c2)n1. The van der Waals surface area contributed by atoms with Crippen LogP contribution in [0.2, 0.25) is 0 Å². The number of aromatic nitrogens is 2. The zero-order valence-corrected chi connectivity index (χ0v) is 12.6. The predicted octanol–water partition coefficient (Wildman–Crippen LogP) is 1.91. The van der Waals surface area contributed by atoms with E-state index >= 15 is 0 Å². The zero-order chi connectivity index (χ0) is 14.4. The van der Waals surface area contributed by atoms with Crippen molar-refractivity contribution >= 4 is 27.5 Å². The Balaban J connectivity index is 1.67. The molecule has 0 spiro atoms. The number of hydrogen-bond donors (Lipinski definition) is 2. The topological polar surface area (TPSA) is 80.0 Å². The summed E-state index contributed by atoms with van der Waals surface area (Å²) in [4.78, 5) is 15.8. The van der Waals surface area contributed by atoms with Gasteiger partial charge in [-0.05, 0) is 25.1 Å². The summed E-state index contributed by atoms with van der Waals surface area (Å²) >= 11 is 3.35. The standard InChI is InChI=1S/C13H15BrN4O2/c1-9-16-13(20-18-9)5-6-15-8-12(19)17-11-4-2-3-10(14)7-11/h2-4,7,15H,5-6,8H2,1H3,(H,17,19). The van der Waals surface area contributed by atoms with Gasteiger partial charge >= 0.3 is 0 Å². The van der Waals surface area contributed by atoms with E-state index in [2.05, 4.69) is 36.7 Å². The van der Waals surface area contributed by atoms with Crippen LogP contribution >= 0.6 is 15.9 Å². The minimum absolute atomic E-state index is 0.0928. The molecule has 7 heteroatoms. The lowest BCUT2D eigenvalue weighted by Crippen LogP contribution is -2.29. The number of carbonyl (C=O) groups excluding carboxylic acids is 1. The maximum Gasteiger partial charge on any atom is 0.238 e. The van der Waals surface area contributed by atoms with Gasteiger partial charge in [0.1, 0.15) is 0 Å². The number of nitrogens with one attached hydrogen (secondary N) is 2. The third-order valence-electron chi connectivity index (χ3n) is 2.48. The molecule has 0 aliphatic heterocycles. The molecule has 1 amide bonds. The molecule has 0 aliphatic rings. The van der Waals surface area contributed by atoms with Gasteiger partial charge in [-0.15, -0.1) is 0 Å². The molecule has 0 unspecified atom stereocenters. The maximum atomic E-state index is 11.7. The second-order valence-electron chi connectivity index (χ2n) is 4.22. The van der Waals surface area contributed by atoms with Crippen LogP contribution < -0.4 is 10.6 Å². The smallest absolute Gasteiger partial charge is 0.238 e. The Kier molecular flexibility index (Phi) is 5.25. The number of aryl methyl sites for hydroxylation is 1. The second kappa shape index (κ2) is 7.16. The highest BCUT2D eigenvalue weighted by Gasteiger charge is 2.04. The number of amides is 1. The Bertz CT molecular complexity index is 585. The number of rotatable bonds is 6. The van der Waals surface area contributed by atoms with E-state index in [0.29, 0.717) is 24.7 Å². The van der Waals surface area contributed by atoms with E-state index in [-0.39, 0.29) is 12.5 Å². The highest BCUT2D eigenvalue weighted by molar-refractivity contribution is 9.10. The number of nitrogens with zero attached hydrogens (tertiary/aromatic N) is 2.